The van der Waals surface area contributed by atoms with Crippen LogP contribution < -0.4 is 15.6 Å². The van der Waals surface area contributed by atoms with Crippen molar-refractivity contribution in [3.63, 3.8) is 0 Å². The molecular formula is C11H13ClF3N4S+. The lowest BCUT2D eigenvalue weighted by Crippen LogP contribution is -2.51. The van der Waals surface area contributed by atoms with E-state index in [2.05, 4.69) is 4.98 Å². The van der Waals surface area contributed by atoms with Gasteiger partial charge in [-0.2, -0.15) is 13.2 Å². The monoisotopic (exact) mass is 325 g/mol. The second-order valence-electron chi connectivity index (χ2n) is 4.39. The maximum atomic E-state index is 12.6. The van der Waals surface area contributed by atoms with E-state index in [1.54, 1.807) is 0 Å². The van der Waals surface area contributed by atoms with Crippen LogP contribution >= 0.6 is 23.8 Å². The molecule has 0 unspecified atom stereocenters. The second-order valence-corrected chi connectivity index (χ2v) is 5.22. The van der Waals surface area contributed by atoms with Crippen molar-refractivity contribution in [3.05, 3.63) is 22.8 Å². The molecule has 2 heterocycles. The second kappa shape index (κ2) is 5.61. The molecule has 0 aromatic carbocycles. The Labute approximate surface area is 124 Å². The van der Waals surface area contributed by atoms with Crippen molar-refractivity contribution in [3.8, 4) is 0 Å². The zero-order chi connectivity index (χ0) is 14.9. The van der Waals surface area contributed by atoms with Crippen LogP contribution in [0, 0.1) is 0 Å². The standard InChI is InChI=1S/C11H12ClF3N4S/c12-8-5-7(11(13,14)15)6-17-9(8)18-1-3-19(4-2-18)10(16)20/h5-6H,1-4H2,(H2,16,20)/p+1. The van der Waals surface area contributed by atoms with Gasteiger partial charge in [-0.3, -0.25) is 4.90 Å². The van der Waals surface area contributed by atoms with Crippen LogP contribution in [0.5, 0.6) is 0 Å². The zero-order valence-electron chi connectivity index (χ0n) is 10.4. The molecule has 0 bridgehead atoms. The molecule has 1 saturated heterocycles. The van der Waals surface area contributed by atoms with Gasteiger partial charge >= 0.3 is 6.18 Å². The third kappa shape index (κ3) is 3.24. The molecule has 1 aliphatic heterocycles. The number of piperazine rings is 1. The van der Waals surface area contributed by atoms with E-state index in [0.29, 0.717) is 37.1 Å². The Morgan fingerprint density at radius 1 is 1.30 bits per heavy atom. The van der Waals surface area contributed by atoms with E-state index in [9.17, 15) is 13.2 Å². The average molecular weight is 326 g/mol. The molecule has 0 amide bonds. The highest BCUT2D eigenvalue weighted by molar-refractivity contribution is 7.80. The van der Waals surface area contributed by atoms with Crippen LogP contribution in [-0.4, -0.2) is 36.2 Å². The van der Waals surface area contributed by atoms with Crippen LogP contribution in [0.15, 0.2) is 12.3 Å². The molecule has 0 radical (unpaired) electrons. The van der Waals surface area contributed by atoms with Crippen molar-refractivity contribution < 1.29 is 18.2 Å². The summed E-state index contributed by atoms with van der Waals surface area (Å²) < 4.78 is 37.7. The van der Waals surface area contributed by atoms with Gasteiger partial charge in [-0.25, -0.2) is 4.98 Å². The van der Waals surface area contributed by atoms with Gasteiger partial charge in [0.15, 0.2) is 5.11 Å². The number of aromatic nitrogens is 1. The number of pyridine rings is 1. The molecule has 0 atom stereocenters. The van der Waals surface area contributed by atoms with Crippen LogP contribution in [-0.2, 0) is 6.18 Å². The first-order chi connectivity index (χ1) is 9.29. The van der Waals surface area contributed by atoms with Gasteiger partial charge in [-0.15, -0.1) is 0 Å². The molecule has 1 fully saturated rings. The molecule has 3 N–H and O–H groups in total. The van der Waals surface area contributed by atoms with Gasteiger partial charge in [0.2, 0.25) is 0 Å². The maximum absolute atomic E-state index is 12.6. The Balaban J connectivity index is 2.13. The number of alkyl halides is 3. The largest absolute Gasteiger partial charge is 0.419 e. The lowest BCUT2D eigenvalue weighted by Gasteiger charge is -2.31. The summed E-state index contributed by atoms with van der Waals surface area (Å²) >= 11 is 10.8. The molecule has 0 spiro atoms. The van der Waals surface area contributed by atoms with Crippen LogP contribution in [0.4, 0.5) is 19.0 Å². The molecule has 4 nitrogen and oxygen atoms in total. The highest BCUT2D eigenvalue weighted by atomic mass is 35.5. The summed E-state index contributed by atoms with van der Waals surface area (Å²) in [7, 11) is 0. The first-order valence-corrected chi connectivity index (χ1v) is 6.65. The van der Waals surface area contributed by atoms with Crippen molar-refractivity contribution in [1.82, 2.24) is 4.90 Å². The van der Waals surface area contributed by atoms with Crippen LogP contribution in [0.25, 0.3) is 0 Å². The van der Waals surface area contributed by atoms with E-state index in [1.165, 1.54) is 0 Å². The van der Waals surface area contributed by atoms with Gasteiger partial charge < -0.3 is 10.6 Å². The van der Waals surface area contributed by atoms with E-state index in [1.807, 2.05) is 9.80 Å². The molecule has 0 aliphatic carbocycles. The summed E-state index contributed by atoms with van der Waals surface area (Å²) in [4.78, 5) is 6.33. The number of hydrogen-bond donors (Lipinski definition) is 1. The van der Waals surface area contributed by atoms with E-state index in [-0.39, 0.29) is 5.02 Å². The quantitative estimate of drug-likeness (QED) is 0.796. The molecule has 1 aromatic heterocycles. The smallest absolute Gasteiger partial charge is 0.376 e. The lowest BCUT2D eigenvalue weighted by molar-refractivity contribution is -0.367. The predicted octanol–water partition coefficient (Wildman–Crippen LogP) is 1.54. The predicted molar refractivity (Wildman–Crippen MR) is 73.6 cm³/mol. The van der Waals surface area contributed by atoms with Crippen molar-refractivity contribution in [2.75, 3.05) is 31.1 Å². The summed E-state index contributed by atoms with van der Waals surface area (Å²) in [5.41, 5.74) is 4.73. The minimum atomic E-state index is -4.41. The molecule has 2 rings (SSSR count). The van der Waals surface area contributed by atoms with Gasteiger partial charge in [-0.1, -0.05) is 11.6 Å². The fourth-order valence-corrected chi connectivity index (χ4v) is 2.49. The third-order valence-electron chi connectivity index (χ3n) is 3.11. The number of aromatic amines is 1. The number of nitrogens with zero attached hydrogens (tertiary/aromatic N) is 2. The van der Waals surface area contributed by atoms with Gasteiger partial charge in [0.1, 0.15) is 24.3 Å². The molecule has 1 aromatic rings. The molecule has 110 valence electrons. The highest BCUT2D eigenvalue weighted by Gasteiger charge is 2.34. The Kier molecular flexibility index (Phi) is 4.24. The average Bonchev–Trinajstić information content (AvgIpc) is 2.37. The number of hydrogen-bond acceptors (Lipinski definition) is 2. The summed E-state index contributed by atoms with van der Waals surface area (Å²) in [5, 5.41) is 0.371. The molecule has 20 heavy (non-hydrogen) atoms. The number of nitrogens with two attached hydrogens (primary N) is 1. The summed E-state index contributed by atoms with van der Waals surface area (Å²) in [6, 6.07) is 0.924. The minimum Gasteiger partial charge on any atom is -0.376 e. The van der Waals surface area contributed by atoms with E-state index >= 15 is 0 Å². The van der Waals surface area contributed by atoms with Crippen molar-refractivity contribution in [2.24, 2.45) is 5.73 Å². The van der Waals surface area contributed by atoms with Crippen LogP contribution in [0.3, 0.4) is 0 Å². The fraction of sp³-hybridized carbons (Fsp3) is 0.455. The number of thiocarbonyl (C=S) groups is 1. The Morgan fingerprint density at radius 2 is 1.90 bits per heavy atom. The SMILES string of the molecule is NC(=S)N1CCN(c2[nH+]cc(C(F)(F)F)cc2Cl)CC1. The number of H-pyrrole nitrogens is 1. The van der Waals surface area contributed by atoms with E-state index in [4.69, 9.17) is 29.6 Å². The topological polar surface area (TPSA) is 46.6 Å². The first kappa shape index (κ1) is 15.1. The van der Waals surface area contributed by atoms with Gasteiger partial charge in [-0.05, 0) is 18.3 Å². The van der Waals surface area contributed by atoms with Crippen LogP contribution in [0.1, 0.15) is 5.56 Å². The fourth-order valence-electron chi connectivity index (χ4n) is 2.02. The normalized spacial score (nSPS) is 16.4. The molecular weight excluding hydrogens is 313 g/mol. The Bertz CT molecular complexity index is 515. The molecule has 9 heteroatoms. The first-order valence-electron chi connectivity index (χ1n) is 5.87. The minimum absolute atomic E-state index is 0.0450. The van der Waals surface area contributed by atoms with Gasteiger partial charge in [0, 0.05) is 0 Å². The molecule has 0 saturated carbocycles. The lowest BCUT2D eigenvalue weighted by atomic mass is 10.2. The molecule has 1 aliphatic rings. The van der Waals surface area contributed by atoms with E-state index in [0.717, 1.165) is 12.3 Å². The Hall–Kier alpha value is -1.28. The maximum Gasteiger partial charge on any atom is 0.419 e. The Morgan fingerprint density at radius 3 is 2.35 bits per heavy atom. The zero-order valence-corrected chi connectivity index (χ0v) is 11.9. The number of halogens is 4. The third-order valence-corrected chi connectivity index (χ3v) is 3.65. The summed E-state index contributed by atoms with van der Waals surface area (Å²) in [6.45, 7) is 2.39. The van der Waals surface area contributed by atoms with Crippen molar-refractivity contribution >= 4 is 34.7 Å². The summed E-state index contributed by atoms with van der Waals surface area (Å²) in [5.74, 6) is 0.474. The summed E-state index contributed by atoms with van der Waals surface area (Å²) in [6.07, 6.45) is -3.50. The number of nitrogens with one attached hydrogen (secondary N) is 1. The number of anilines is 1. The van der Waals surface area contributed by atoms with Gasteiger partial charge in [0.25, 0.3) is 5.82 Å². The van der Waals surface area contributed by atoms with Crippen LogP contribution in [0.2, 0.25) is 5.02 Å². The van der Waals surface area contributed by atoms with Gasteiger partial charge in [0.05, 0.1) is 18.7 Å². The van der Waals surface area contributed by atoms with E-state index < -0.39 is 11.7 Å². The highest BCUT2D eigenvalue weighted by Crippen LogP contribution is 2.32. The van der Waals surface area contributed by atoms with Crippen molar-refractivity contribution in [1.29, 1.82) is 0 Å². The van der Waals surface area contributed by atoms with Crippen molar-refractivity contribution in [2.45, 2.75) is 6.18 Å². The number of rotatable bonds is 1.